The van der Waals surface area contributed by atoms with E-state index in [1.807, 2.05) is 25.1 Å². The fourth-order valence-electron chi connectivity index (χ4n) is 4.00. The zero-order chi connectivity index (χ0) is 22.7. The summed E-state index contributed by atoms with van der Waals surface area (Å²) in [5.74, 6) is 1.51. The van der Waals surface area contributed by atoms with Crippen LogP contribution >= 0.6 is 0 Å². The van der Waals surface area contributed by atoms with E-state index >= 15 is 0 Å². The van der Waals surface area contributed by atoms with E-state index in [1.165, 1.54) is 16.4 Å². The summed E-state index contributed by atoms with van der Waals surface area (Å²) in [4.78, 5) is 12.8. The number of aryl methyl sites for hydroxylation is 1. The molecule has 8 nitrogen and oxygen atoms in total. The zero-order valence-corrected chi connectivity index (χ0v) is 19.1. The van der Waals surface area contributed by atoms with E-state index < -0.39 is 10.0 Å². The van der Waals surface area contributed by atoms with Crippen LogP contribution in [0.25, 0.3) is 0 Å². The fraction of sp³-hybridized carbons (Fsp3) is 0.435. The standard InChI is InChI=1S/C23H28N2O6S/c1-16-3-4-17(13-21(16)29-2)15-24-23(26)18-7-9-25(10-8-18)32(27,28)19-5-6-20-22(14-19)31-12-11-30-20/h3-6,13-14,18H,7-12,15H2,1-2H3,(H,24,26). The van der Waals surface area contributed by atoms with E-state index in [0.717, 1.165) is 16.9 Å². The van der Waals surface area contributed by atoms with Crippen molar-refractivity contribution in [1.29, 1.82) is 0 Å². The number of hydrogen-bond donors (Lipinski definition) is 1. The summed E-state index contributed by atoms with van der Waals surface area (Å²) in [5.41, 5.74) is 1.99. The van der Waals surface area contributed by atoms with Crippen LogP contribution in [0.2, 0.25) is 0 Å². The molecule has 1 fully saturated rings. The molecule has 1 saturated heterocycles. The van der Waals surface area contributed by atoms with Gasteiger partial charge in [-0.1, -0.05) is 12.1 Å². The molecule has 2 aliphatic heterocycles. The lowest BCUT2D eigenvalue weighted by Gasteiger charge is -2.31. The first kappa shape index (κ1) is 22.4. The minimum absolute atomic E-state index is 0.0547. The predicted octanol–water partition coefficient (Wildman–Crippen LogP) is 2.49. The highest BCUT2D eigenvalue weighted by atomic mass is 32.2. The molecule has 1 N–H and O–H groups in total. The smallest absolute Gasteiger partial charge is 0.243 e. The van der Waals surface area contributed by atoms with Gasteiger partial charge in [-0.15, -0.1) is 0 Å². The van der Waals surface area contributed by atoms with Crippen molar-refractivity contribution < 1.29 is 27.4 Å². The van der Waals surface area contributed by atoms with Crippen LogP contribution in [0, 0.1) is 12.8 Å². The molecule has 0 aliphatic carbocycles. The number of carbonyl (C=O) groups is 1. The van der Waals surface area contributed by atoms with Crippen LogP contribution in [0.4, 0.5) is 0 Å². The molecule has 0 aromatic heterocycles. The Morgan fingerprint density at radius 1 is 1.09 bits per heavy atom. The maximum atomic E-state index is 13.1. The minimum atomic E-state index is -3.66. The Kier molecular flexibility index (Phi) is 6.57. The van der Waals surface area contributed by atoms with Crippen molar-refractivity contribution in [3.63, 3.8) is 0 Å². The Bertz CT molecular complexity index is 1090. The first-order valence-electron chi connectivity index (χ1n) is 10.7. The number of rotatable bonds is 6. The highest BCUT2D eigenvalue weighted by molar-refractivity contribution is 7.89. The van der Waals surface area contributed by atoms with Gasteiger partial charge < -0.3 is 19.5 Å². The Labute approximate surface area is 188 Å². The Hall–Kier alpha value is -2.78. The van der Waals surface area contributed by atoms with Gasteiger partial charge in [0.25, 0.3) is 0 Å². The van der Waals surface area contributed by atoms with Crippen LogP contribution < -0.4 is 19.5 Å². The SMILES string of the molecule is COc1cc(CNC(=O)C2CCN(S(=O)(=O)c3ccc4c(c3)OCCO4)CC2)ccc1C. The number of amides is 1. The van der Waals surface area contributed by atoms with Crippen molar-refractivity contribution >= 4 is 15.9 Å². The van der Waals surface area contributed by atoms with E-state index in [4.69, 9.17) is 14.2 Å². The number of nitrogens with one attached hydrogen (secondary N) is 1. The second-order valence-electron chi connectivity index (χ2n) is 8.01. The molecule has 2 aliphatic rings. The molecule has 2 aromatic carbocycles. The number of methoxy groups -OCH3 is 1. The third-order valence-corrected chi connectivity index (χ3v) is 7.81. The largest absolute Gasteiger partial charge is 0.496 e. The highest BCUT2D eigenvalue weighted by Gasteiger charge is 2.32. The van der Waals surface area contributed by atoms with E-state index in [-0.39, 0.29) is 16.7 Å². The van der Waals surface area contributed by atoms with Gasteiger partial charge in [0.15, 0.2) is 11.5 Å². The summed E-state index contributed by atoms with van der Waals surface area (Å²) < 4.78 is 43.9. The van der Waals surface area contributed by atoms with Crippen molar-refractivity contribution in [2.24, 2.45) is 5.92 Å². The summed E-state index contributed by atoms with van der Waals surface area (Å²) in [6.07, 6.45) is 0.958. The summed E-state index contributed by atoms with van der Waals surface area (Å²) >= 11 is 0. The van der Waals surface area contributed by atoms with Gasteiger partial charge in [-0.3, -0.25) is 4.79 Å². The van der Waals surface area contributed by atoms with Gasteiger partial charge in [-0.05, 0) is 49.1 Å². The van der Waals surface area contributed by atoms with E-state index in [2.05, 4.69) is 5.32 Å². The number of benzene rings is 2. The third-order valence-electron chi connectivity index (χ3n) is 5.92. The van der Waals surface area contributed by atoms with Gasteiger partial charge in [-0.25, -0.2) is 8.42 Å². The number of hydrogen-bond acceptors (Lipinski definition) is 6. The number of piperidine rings is 1. The molecule has 9 heteroatoms. The Morgan fingerprint density at radius 2 is 1.81 bits per heavy atom. The van der Waals surface area contributed by atoms with Crippen molar-refractivity contribution in [3.05, 3.63) is 47.5 Å². The van der Waals surface area contributed by atoms with Gasteiger partial charge in [0, 0.05) is 31.6 Å². The van der Waals surface area contributed by atoms with Gasteiger partial charge in [-0.2, -0.15) is 4.31 Å². The average Bonchev–Trinajstić information content (AvgIpc) is 2.83. The first-order chi connectivity index (χ1) is 15.4. The molecule has 0 atom stereocenters. The third kappa shape index (κ3) is 4.68. The summed E-state index contributed by atoms with van der Waals surface area (Å²) in [7, 11) is -2.04. The second kappa shape index (κ2) is 9.38. The lowest BCUT2D eigenvalue weighted by Crippen LogP contribution is -2.42. The second-order valence-corrected chi connectivity index (χ2v) is 9.94. The summed E-state index contributed by atoms with van der Waals surface area (Å²) in [5, 5.41) is 2.97. The van der Waals surface area contributed by atoms with Gasteiger partial charge in [0.2, 0.25) is 15.9 Å². The van der Waals surface area contributed by atoms with Gasteiger partial charge in [0.05, 0.1) is 12.0 Å². The molecule has 0 saturated carbocycles. The maximum absolute atomic E-state index is 13.1. The molecule has 32 heavy (non-hydrogen) atoms. The topological polar surface area (TPSA) is 94.2 Å². The van der Waals surface area contributed by atoms with Crippen LogP contribution in [0.15, 0.2) is 41.3 Å². The Morgan fingerprint density at radius 3 is 2.53 bits per heavy atom. The summed E-state index contributed by atoms with van der Waals surface area (Å²) in [6, 6.07) is 10.5. The Balaban J connectivity index is 1.33. The van der Waals surface area contributed by atoms with Crippen molar-refractivity contribution in [1.82, 2.24) is 9.62 Å². The number of ether oxygens (including phenoxy) is 3. The van der Waals surface area contributed by atoms with Crippen LogP contribution in [0.3, 0.4) is 0 Å². The van der Waals surface area contributed by atoms with Crippen LogP contribution in [0.1, 0.15) is 24.0 Å². The van der Waals surface area contributed by atoms with E-state index in [1.54, 1.807) is 13.2 Å². The number of fused-ring (bicyclic) bond motifs is 1. The van der Waals surface area contributed by atoms with Crippen molar-refractivity contribution in [3.8, 4) is 17.2 Å². The van der Waals surface area contributed by atoms with E-state index in [0.29, 0.717) is 57.2 Å². The molecule has 2 aromatic rings. The molecule has 0 spiro atoms. The molecule has 2 heterocycles. The van der Waals surface area contributed by atoms with Crippen LogP contribution in [-0.4, -0.2) is 52.0 Å². The molecule has 0 bridgehead atoms. The van der Waals surface area contributed by atoms with Crippen molar-refractivity contribution in [2.45, 2.75) is 31.2 Å². The molecule has 1 amide bonds. The molecule has 0 unspecified atom stereocenters. The van der Waals surface area contributed by atoms with Crippen LogP contribution in [-0.2, 0) is 21.4 Å². The van der Waals surface area contributed by atoms with Crippen LogP contribution in [0.5, 0.6) is 17.2 Å². The normalized spacial score (nSPS) is 17.1. The lowest BCUT2D eigenvalue weighted by molar-refractivity contribution is -0.126. The predicted molar refractivity (Wildman–Crippen MR) is 118 cm³/mol. The minimum Gasteiger partial charge on any atom is -0.496 e. The number of sulfonamides is 1. The average molecular weight is 461 g/mol. The number of carbonyl (C=O) groups excluding carboxylic acids is 1. The number of nitrogens with zero attached hydrogens (tertiary/aromatic N) is 1. The molecule has 0 radical (unpaired) electrons. The van der Waals surface area contributed by atoms with Gasteiger partial charge >= 0.3 is 0 Å². The van der Waals surface area contributed by atoms with Gasteiger partial charge in [0.1, 0.15) is 19.0 Å². The highest BCUT2D eigenvalue weighted by Crippen LogP contribution is 2.34. The first-order valence-corrected chi connectivity index (χ1v) is 12.1. The molecular weight excluding hydrogens is 432 g/mol. The monoisotopic (exact) mass is 460 g/mol. The maximum Gasteiger partial charge on any atom is 0.243 e. The van der Waals surface area contributed by atoms with E-state index in [9.17, 15) is 13.2 Å². The zero-order valence-electron chi connectivity index (χ0n) is 18.3. The summed E-state index contributed by atoms with van der Waals surface area (Å²) in [6.45, 7) is 3.82. The molecule has 4 rings (SSSR count). The molecule has 172 valence electrons. The quantitative estimate of drug-likeness (QED) is 0.712. The lowest BCUT2D eigenvalue weighted by atomic mass is 9.97. The van der Waals surface area contributed by atoms with Crippen molar-refractivity contribution in [2.75, 3.05) is 33.4 Å². The fourth-order valence-corrected chi connectivity index (χ4v) is 5.49. The molecular formula is C23H28N2O6S.